The molecular formula is C16H22ClNOS. The maximum Gasteiger partial charge on any atom is 0.230 e. The second-order valence-electron chi connectivity index (χ2n) is 6.08. The molecule has 2 atom stereocenters. The number of thiophene rings is 1. The highest BCUT2D eigenvalue weighted by Crippen LogP contribution is 2.37. The Hall–Kier alpha value is -0.540. The molecule has 1 aliphatic heterocycles. The molecule has 1 aliphatic carbocycles. The lowest BCUT2D eigenvalue weighted by Crippen LogP contribution is -2.42. The Morgan fingerprint density at radius 2 is 2.15 bits per heavy atom. The smallest absolute Gasteiger partial charge is 0.230 e. The van der Waals surface area contributed by atoms with Gasteiger partial charge in [0.1, 0.15) is 0 Å². The number of halogens is 1. The van der Waals surface area contributed by atoms with E-state index >= 15 is 0 Å². The summed E-state index contributed by atoms with van der Waals surface area (Å²) in [6.07, 6.45) is 5.44. The van der Waals surface area contributed by atoms with E-state index < -0.39 is 0 Å². The molecule has 1 amide bonds. The van der Waals surface area contributed by atoms with Crippen molar-refractivity contribution >= 4 is 28.8 Å². The van der Waals surface area contributed by atoms with Crippen molar-refractivity contribution in [1.29, 1.82) is 0 Å². The van der Waals surface area contributed by atoms with Gasteiger partial charge in [0.2, 0.25) is 5.91 Å². The molecule has 2 aliphatic rings. The number of alkyl halides is 1. The molecule has 0 spiro atoms. The molecule has 2 nitrogen and oxygen atoms in total. The standard InChI is InChI=1S/C16H22ClNOS/c1-11(17)12-5-8-18(9-6-12)16(19)14-3-2-4-15-13(14)7-10-20-15/h7,10-12,14H,2-6,8-9H2,1H3. The Kier molecular flexibility index (Phi) is 4.37. The Bertz CT molecular complexity index is 477. The second-order valence-corrected chi connectivity index (χ2v) is 7.77. The number of amides is 1. The quantitative estimate of drug-likeness (QED) is 0.755. The molecule has 1 aromatic heterocycles. The van der Waals surface area contributed by atoms with Crippen LogP contribution in [0.25, 0.3) is 0 Å². The number of hydrogen-bond donors (Lipinski definition) is 0. The third kappa shape index (κ3) is 2.75. The van der Waals surface area contributed by atoms with E-state index in [0.717, 1.165) is 45.2 Å². The molecule has 2 heterocycles. The van der Waals surface area contributed by atoms with Crippen LogP contribution in [-0.4, -0.2) is 29.3 Å². The summed E-state index contributed by atoms with van der Waals surface area (Å²) >= 11 is 7.99. The zero-order chi connectivity index (χ0) is 14.1. The highest BCUT2D eigenvalue weighted by Gasteiger charge is 2.33. The number of carbonyl (C=O) groups is 1. The molecule has 1 saturated heterocycles. The first-order chi connectivity index (χ1) is 9.66. The lowest BCUT2D eigenvalue weighted by atomic mass is 9.85. The summed E-state index contributed by atoms with van der Waals surface area (Å²) in [5.74, 6) is 1.05. The topological polar surface area (TPSA) is 20.3 Å². The highest BCUT2D eigenvalue weighted by molar-refractivity contribution is 7.10. The fraction of sp³-hybridized carbons (Fsp3) is 0.688. The normalized spacial score (nSPS) is 25.3. The number of hydrogen-bond acceptors (Lipinski definition) is 2. The summed E-state index contributed by atoms with van der Waals surface area (Å²) in [5.41, 5.74) is 1.30. The van der Waals surface area contributed by atoms with Gasteiger partial charge in [-0.15, -0.1) is 22.9 Å². The van der Waals surface area contributed by atoms with E-state index in [9.17, 15) is 4.79 Å². The van der Waals surface area contributed by atoms with E-state index in [1.165, 1.54) is 10.4 Å². The molecule has 0 aromatic carbocycles. The van der Waals surface area contributed by atoms with E-state index in [2.05, 4.69) is 23.3 Å². The van der Waals surface area contributed by atoms with Crippen LogP contribution in [0.2, 0.25) is 0 Å². The van der Waals surface area contributed by atoms with Crippen molar-refractivity contribution < 1.29 is 4.79 Å². The second kappa shape index (κ2) is 6.07. The van der Waals surface area contributed by atoms with Crippen molar-refractivity contribution in [2.24, 2.45) is 5.92 Å². The monoisotopic (exact) mass is 311 g/mol. The molecule has 2 unspecified atom stereocenters. The van der Waals surface area contributed by atoms with Crippen LogP contribution in [0.1, 0.15) is 49.0 Å². The summed E-state index contributed by atoms with van der Waals surface area (Å²) in [6, 6.07) is 2.16. The lowest BCUT2D eigenvalue weighted by Gasteiger charge is -2.36. The van der Waals surface area contributed by atoms with Crippen LogP contribution in [0, 0.1) is 5.92 Å². The first kappa shape index (κ1) is 14.4. The molecule has 110 valence electrons. The van der Waals surface area contributed by atoms with Crippen LogP contribution in [0.5, 0.6) is 0 Å². The third-order valence-corrected chi connectivity index (χ3v) is 6.20. The molecule has 0 saturated carbocycles. The van der Waals surface area contributed by atoms with Crippen molar-refractivity contribution in [3.05, 3.63) is 21.9 Å². The molecular weight excluding hydrogens is 290 g/mol. The lowest BCUT2D eigenvalue weighted by molar-refractivity contribution is -0.134. The molecule has 0 radical (unpaired) electrons. The summed E-state index contributed by atoms with van der Waals surface area (Å²) in [7, 11) is 0. The van der Waals surface area contributed by atoms with E-state index in [0.29, 0.717) is 11.8 Å². The van der Waals surface area contributed by atoms with Crippen LogP contribution in [0.4, 0.5) is 0 Å². The number of aryl methyl sites for hydroxylation is 1. The van der Waals surface area contributed by atoms with Gasteiger partial charge in [-0.1, -0.05) is 0 Å². The van der Waals surface area contributed by atoms with Crippen molar-refractivity contribution in [2.75, 3.05) is 13.1 Å². The number of rotatable bonds is 2. The first-order valence-electron chi connectivity index (χ1n) is 7.66. The molecule has 0 bridgehead atoms. The van der Waals surface area contributed by atoms with Gasteiger partial charge in [-0.2, -0.15) is 0 Å². The largest absolute Gasteiger partial charge is 0.342 e. The zero-order valence-corrected chi connectivity index (χ0v) is 13.6. The zero-order valence-electron chi connectivity index (χ0n) is 12.0. The van der Waals surface area contributed by atoms with E-state index in [4.69, 9.17) is 11.6 Å². The molecule has 20 heavy (non-hydrogen) atoms. The van der Waals surface area contributed by atoms with E-state index in [-0.39, 0.29) is 11.3 Å². The summed E-state index contributed by atoms with van der Waals surface area (Å²) < 4.78 is 0. The van der Waals surface area contributed by atoms with Crippen LogP contribution in [0.15, 0.2) is 11.4 Å². The minimum atomic E-state index is 0.120. The van der Waals surface area contributed by atoms with Gasteiger partial charge in [0, 0.05) is 23.3 Å². The molecule has 3 rings (SSSR count). The number of piperidine rings is 1. The first-order valence-corrected chi connectivity index (χ1v) is 8.97. The average molecular weight is 312 g/mol. The van der Waals surface area contributed by atoms with E-state index in [1.807, 2.05) is 11.3 Å². The number of fused-ring (bicyclic) bond motifs is 1. The van der Waals surface area contributed by atoms with Crippen molar-refractivity contribution in [3.8, 4) is 0 Å². The summed E-state index contributed by atoms with van der Waals surface area (Å²) in [4.78, 5) is 16.3. The summed E-state index contributed by atoms with van der Waals surface area (Å²) in [6.45, 7) is 3.84. The van der Waals surface area contributed by atoms with Gasteiger partial charge in [-0.3, -0.25) is 4.79 Å². The maximum atomic E-state index is 12.8. The van der Waals surface area contributed by atoms with Gasteiger partial charge in [-0.25, -0.2) is 0 Å². The Balaban J connectivity index is 1.66. The molecule has 0 N–H and O–H groups in total. The summed E-state index contributed by atoms with van der Waals surface area (Å²) in [5, 5.41) is 2.36. The molecule has 1 fully saturated rings. The Morgan fingerprint density at radius 1 is 1.40 bits per heavy atom. The number of nitrogens with zero attached hydrogens (tertiary/aromatic N) is 1. The van der Waals surface area contributed by atoms with Gasteiger partial charge in [0.15, 0.2) is 0 Å². The van der Waals surface area contributed by atoms with Gasteiger partial charge in [0.25, 0.3) is 0 Å². The fourth-order valence-corrected chi connectivity index (χ4v) is 4.78. The molecule has 1 aromatic rings. The van der Waals surface area contributed by atoms with Crippen LogP contribution in [-0.2, 0) is 11.2 Å². The number of likely N-dealkylation sites (tertiary alicyclic amines) is 1. The SMILES string of the molecule is CC(Cl)C1CCN(C(=O)C2CCCc3sccc32)CC1. The molecule has 4 heteroatoms. The van der Waals surface area contributed by atoms with Crippen LogP contribution < -0.4 is 0 Å². The van der Waals surface area contributed by atoms with Crippen LogP contribution in [0.3, 0.4) is 0 Å². The van der Waals surface area contributed by atoms with E-state index in [1.54, 1.807) is 0 Å². The van der Waals surface area contributed by atoms with Gasteiger partial charge in [-0.05, 0) is 62.0 Å². The predicted octanol–water partition coefficient (Wildman–Crippen LogP) is 4.03. The maximum absolute atomic E-state index is 12.8. The minimum Gasteiger partial charge on any atom is -0.342 e. The highest BCUT2D eigenvalue weighted by atomic mass is 35.5. The predicted molar refractivity (Wildman–Crippen MR) is 84.6 cm³/mol. The number of carbonyl (C=O) groups excluding carboxylic acids is 1. The Labute approximate surface area is 130 Å². The average Bonchev–Trinajstić information content (AvgIpc) is 2.95. The van der Waals surface area contributed by atoms with Crippen LogP contribution >= 0.6 is 22.9 Å². The van der Waals surface area contributed by atoms with Gasteiger partial charge < -0.3 is 4.90 Å². The Morgan fingerprint density at radius 3 is 2.85 bits per heavy atom. The van der Waals surface area contributed by atoms with Crippen molar-refractivity contribution in [3.63, 3.8) is 0 Å². The minimum absolute atomic E-state index is 0.120. The van der Waals surface area contributed by atoms with Gasteiger partial charge >= 0.3 is 0 Å². The van der Waals surface area contributed by atoms with Crippen molar-refractivity contribution in [2.45, 2.75) is 50.3 Å². The third-order valence-electron chi connectivity index (χ3n) is 4.85. The fourth-order valence-electron chi connectivity index (χ4n) is 3.54. The van der Waals surface area contributed by atoms with Crippen molar-refractivity contribution in [1.82, 2.24) is 4.90 Å². The van der Waals surface area contributed by atoms with Gasteiger partial charge in [0.05, 0.1) is 5.92 Å².